The van der Waals surface area contributed by atoms with E-state index in [4.69, 9.17) is 0 Å². The minimum atomic E-state index is -3.07. The van der Waals surface area contributed by atoms with Crippen molar-refractivity contribution in [2.24, 2.45) is 4.99 Å². The highest BCUT2D eigenvalue weighted by Crippen LogP contribution is 2.42. The third-order valence-electron chi connectivity index (χ3n) is 5.60. The lowest BCUT2D eigenvalue weighted by Gasteiger charge is -2.28. The highest BCUT2D eigenvalue weighted by Gasteiger charge is 2.49. The van der Waals surface area contributed by atoms with Gasteiger partial charge in [-0.25, -0.2) is 8.42 Å². The van der Waals surface area contributed by atoms with Gasteiger partial charge in [0, 0.05) is 36.1 Å². The van der Waals surface area contributed by atoms with Gasteiger partial charge in [-0.1, -0.05) is 25.1 Å². The number of benzene rings is 1. The summed E-state index contributed by atoms with van der Waals surface area (Å²) in [6.45, 7) is 10.2. The van der Waals surface area contributed by atoms with Crippen LogP contribution in [-0.4, -0.2) is 55.4 Å². The zero-order chi connectivity index (χ0) is 21.2. The molecule has 0 spiro atoms. The van der Waals surface area contributed by atoms with Crippen molar-refractivity contribution in [3.8, 4) is 0 Å². The summed E-state index contributed by atoms with van der Waals surface area (Å²) < 4.78 is 24.5. The number of anilines is 2. The molecule has 2 aliphatic heterocycles. The average molecular weight is 438 g/mol. The second-order valence-corrected chi connectivity index (χ2v) is 11.1. The molecule has 8 heteroatoms. The Labute approximate surface area is 178 Å². The first-order chi connectivity index (χ1) is 13.8. The Morgan fingerprint density at radius 3 is 2.59 bits per heavy atom. The van der Waals surface area contributed by atoms with Crippen LogP contribution >= 0.6 is 11.8 Å². The molecule has 0 bridgehead atoms. The fourth-order valence-electron chi connectivity index (χ4n) is 4.03. The van der Waals surface area contributed by atoms with E-state index in [0.29, 0.717) is 11.6 Å². The van der Waals surface area contributed by atoms with Gasteiger partial charge in [0.1, 0.15) is 0 Å². The molecule has 1 amide bonds. The summed E-state index contributed by atoms with van der Waals surface area (Å²) in [5.41, 5.74) is 3.16. The van der Waals surface area contributed by atoms with E-state index in [9.17, 15) is 13.2 Å². The Morgan fingerprint density at radius 1 is 1.24 bits per heavy atom. The van der Waals surface area contributed by atoms with Crippen LogP contribution in [0.1, 0.15) is 45.6 Å². The number of fused-ring (bicyclic) bond motifs is 1. The molecule has 6 nitrogen and oxygen atoms in total. The van der Waals surface area contributed by atoms with Crippen molar-refractivity contribution in [1.82, 2.24) is 0 Å². The van der Waals surface area contributed by atoms with Crippen LogP contribution < -0.4 is 9.80 Å². The van der Waals surface area contributed by atoms with E-state index in [1.165, 1.54) is 11.8 Å². The molecule has 2 saturated heterocycles. The highest BCUT2D eigenvalue weighted by atomic mass is 32.2. The lowest BCUT2D eigenvalue weighted by molar-refractivity contribution is -0.117. The Morgan fingerprint density at radius 2 is 1.97 bits per heavy atom. The fourth-order valence-corrected chi connectivity index (χ4v) is 7.96. The van der Waals surface area contributed by atoms with Gasteiger partial charge in [0.25, 0.3) is 0 Å². The van der Waals surface area contributed by atoms with Crippen LogP contribution in [0.25, 0.3) is 0 Å². The van der Waals surface area contributed by atoms with Crippen LogP contribution in [0.2, 0.25) is 0 Å². The van der Waals surface area contributed by atoms with E-state index in [0.717, 1.165) is 42.9 Å². The van der Waals surface area contributed by atoms with Gasteiger partial charge >= 0.3 is 0 Å². The maximum atomic E-state index is 12.3. The quantitative estimate of drug-likeness (QED) is 0.649. The molecule has 3 rings (SSSR count). The van der Waals surface area contributed by atoms with Crippen molar-refractivity contribution in [2.75, 3.05) is 34.4 Å². The van der Waals surface area contributed by atoms with Crippen molar-refractivity contribution in [3.63, 3.8) is 0 Å². The van der Waals surface area contributed by atoms with Gasteiger partial charge in [-0.3, -0.25) is 4.79 Å². The number of unbranched alkanes of at least 4 members (excludes halogenated alkanes) is 1. The molecule has 0 unspecified atom stereocenters. The van der Waals surface area contributed by atoms with E-state index >= 15 is 0 Å². The van der Waals surface area contributed by atoms with Crippen LogP contribution in [0, 0.1) is 6.92 Å². The van der Waals surface area contributed by atoms with Gasteiger partial charge in [0.05, 0.1) is 17.5 Å². The molecular formula is C21H31N3O3S2. The second-order valence-electron chi connectivity index (χ2n) is 7.71. The zero-order valence-electron chi connectivity index (χ0n) is 17.7. The number of carbonyl (C=O) groups is 1. The second kappa shape index (κ2) is 9.08. The van der Waals surface area contributed by atoms with Crippen LogP contribution in [0.5, 0.6) is 0 Å². The van der Waals surface area contributed by atoms with Crippen LogP contribution in [0.15, 0.2) is 23.2 Å². The Balaban J connectivity index is 1.97. The Bertz CT molecular complexity index is 894. The van der Waals surface area contributed by atoms with Gasteiger partial charge in [-0.2, -0.15) is 4.99 Å². The zero-order valence-corrected chi connectivity index (χ0v) is 19.4. The van der Waals surface area contributed by atoms with Gasteiger partial charge < -0.3 is 9.80 Å². The van der Waals surface area contributed by atoms with E-state index in [1.54, 1.807) is 0 Å². The number of amidine groups is 1. The van der Waals surface area contributed by atoms with Crippen LogP contribution in [0.4, 0.5) is 11.4 Å². The number of hydrogen-bond acceptors (Lipinski definition) is 5. The maximum absolute atomic E-state index is 12.3. The summed E-state index contributed by atoms with van der Waals surface area (Å²) in [6.07, 6.45) is 2.20. The molecule has 160 valence electrons. The fraction of sp³-hybridized carbons (Fsp3) is 0.619. The third kappa shape index (κ3) is 4.79. The van der Waals surface area contributed by atoms with E-state index in [-0.39, 0.29) is 28.7 Å². The number of hydrogen-bond donors (Lipinski definition) is 0. The topological polar surface area (TPSA) is 70.0 Å². The maximum Gasteiger partial charge on any atom is 0.248 e. The first-order valence-electron chi connectivity index (χ1n) is 10.4. The molecule has 29 heavy (non-hydrogen) atoms. The minimum absolute atomic E-state index is 0.0698. The molecule has 0 radical (unpaired) electrons. The molecule has 1 aromatic rings. The first kappa shape index (κ1) is 22.2. The van der Waals surface area contributed by atoms with E-state index < -0.39 is 9.84 Å². The summed E-state index contributed by atoms with van der Waals surface area (Å²) in [5, 5.41) is 0.578. The SMILES string of the molecule is CCCCC(=O)N=C1S[C@H]2CS(=O)(=O)C[C@H]2N1c1ccc(N(CC)CC)cc1C. The number of carbonyl (C=O) groups excluding carboxylic acids is 1. The van der Waals surface area contributed by atoms with Crippen LogP contribution in [-0.2, 0) is 14.6 Å². The van der Waals surface area contributed by atoms with Gasteiger partial charge in [-0.15, -0.1) is 0 Å². The molecule has 0 aliphatic carbocycles. The van der Waals surface area contributed by atoms with Crippen molar-refractivity contribution in [2.45, 2.75) is 58.2 Å². The Kier molecular flexibility index (Phi) is 6.94. The normalized spacial score (nSPS) is 24.1. The van der Waals surface area contributed by atoms with Crippen molar-refractivity contribution in [1.29, 1.82) is 0 Å². The molecule has 2 fully saturated rings. The predicted molar refractivity (Wildman–Crippen MR) is 123 cm³/mol. The molecule has 0 aromatic heterocycles. The molecule has 2 atom stereocenters. The number of rotatable bonds is 7. The summed E-state index contributed by atoms with van der Waals surface area (Å²) in [7, 11) is -3.07. The first-order valence-corrected chi connectivity index (χ1v) is 13.1. The van der Waals surface area contributed by atoms with Gasteiger partial charge in [0.15, 0.2) is 15.0 Å². The minimum Gasteiger partial charge on any atom is -0.372 e. The molecule has 0 N–H and O–H groups in total. The molecule has 0 saturated carbocycles. The summed E-state index contributed by atoms with van der Waals surface area (Å²) in [4.78, 5) is 21.0. The molecular weight excluding hydrogens is 406 g/mol. The van der Waals surface area contributed by atoms with Gasteiger partial charge in [0.2, 0.25) is 5.91 Å². The largest absolute Gasteiger partial charge is 0.372 e. The number of aliphatic imine (C=N–C) groups is 1. The molecule has 2 aliphatic rings. The lowest BCUT2D eigenvalue weighted by atomic mass is 10.1. The number of sulfone groups is 1. The van der Waals surface area contributed by atoms with E-state index in [1.807, 2.05) is 24.8 Å². The standard InChI is InChI=1S/C21H31N3O3S2/c1-5-8-9-20(25)22-21-24(18-13-29(26,27)14-19(18)28-21)17-11-10-16(12-15(17)4)23(6-2)7-3/h10-12,18-19H,5-9,13-14H2,1-4H3/t18-,19+/m1/s1. The smallest absolute Gasteiger partial charge is 0.248 e. The van der Waals surface area contributed by atoms with Crippen LogP contribution in [0.3, 0.4) is 0 Å². The number of amides is 1. The Hall–Kier alpha value is -1.54. The predicted octanol–water partition coefficient (Wildman–Crippen LogP) is 3.63. The van der Waals surface area contributed by atoms with Crippen molar-refractivity contribution in [3.05, 3.63) is 23.8 Å². The number of aryl methyl sites for hydroxylation is 1. The number of nitrogens with zero attached hydrogens (tertiary/aromatic N) is 3. The van der Waals surface area contributed by atoms with Crippen molar-refractivity contribution < 1.29 is 13.2 Å². The number of thioether (sulfide) groups is 1. The monoisotopic (exact) mass is 437 g/mol. The molecule has 1 aromatic carbocycles. The highest BCUT2D eigenvalue weighted by molar-refractivity contribution is 8.16. The summed E-state index contributed by atoms with van der Waals surface area (Å²) >= 11 is 1.44. The average Bonchev–Trinajstić information content (AvgIpc) is 3.12. The van der Waals surface area contributed by atoms with Gasteiger partial charge in [-0.05, 0) is 51.0 Å². The summed E-state index contributed by atoms with van der Waals surface area (Å²) in [5.74, 6) is 0.140. The molecule has 2 heterocycles. The third-order valence-corrected chi connectivity index (χ3v) is 8.81. The lowest BCUT2D eigenvalue weighted by Crippen LogP contribution is -2.38. The van der Waals surface area contributed by atoms with E-state index in [2.05, 4.69) is 35.9 Å². The van der Waals surface area contributed by atoms with Crippen molar-refractivity contribution >= 4 is 44.0 Å². The summed E-state index contributed by atoms with van der Waals surface area (Å²) in [6, 6.07) is 6.09.